The van der Waals surface area contributed by atoms with E-state index in [1.54, 1.807) is 13.2 Å². The van der Waals surface area contributed by atoms with E-state index in [9.17, 15) is 4.79 Å². The molecule has 5 nitrogen and oxygen atoms in total. The lowest BCUT2D eigenvalue weighted by Crippen LogP contribution is -2.44. The molecule has 0 aliphatic heterocycles. The predicted molar refractivity (Wildman–Crippen MR) is 106 cm³/mol. The largest absolute Gasteiger partial charge is 0.495 e. The molecule has 2 aromatic heterocycles. The quantitative estimate of drug-likeness (QED) is 0.718. The first-order valence-corrected chi connectivity index (χ1v) is 8.99. The molecule has 3 aromatic rings. The molecular formula is C20H15Cl2N3O2. The summed E-state index contributed by atoms with van der Waals surface area (Å²) in [5.41, 5.74) is 7.04. The Labute approximate surface area is 165 Å². The number of methoxy groups -OCH3 is 1. The number of rotatable bonds is 3. The number of primary amides is 1. The monoisotopic (exact) mass is 399 g/mol. The zero-order chi connectivity index (χ0) is 19.2. The van der Waals surface area contributed by atoms with Gasteiger partial charge in [0, 0.05) is 28.9 Å². The maximum absolute atomic E-state index is 12.9. The molecule has 0 bridgehead atoms. The number of benzene rings is 1. The molecule has 0 saturated carbocycles. The van der Waals surface area contributed by atoms with Crippen LogP contribution in [0.25, 0.3) is 16.7 Å². The first-order valence-electron chi connectivity index (χ1n) is 8.23. The van der Waals surface area contributed by atoms with Crippen LogP contribution in [0.15, 0.2) is 48.8 Å². The van der Waals surface area contributed by atoms with Crippen LogP contribution < -0.4 is 5.73 Å². The van der Waals surface area contributed by atoms with Gasteiger partial charge in [-0.25, -0.2) is 4.98 Å². The minimum atomic E-state index is -1.27. The van der Waals surface area contributed by atoms with E-state index in [0.29, 0.717) is 22.6 Å². The highest BCUT2D eigenvalue weighted by Crippen LogP contribution is 2.48. The standard InChI is InChI=1S/C20H15Cl2N3O2/c1-27-16-6-7-20(19(23)26,17-13(21)9-24-10-14(17)22)12-8-11-4-2-3-5-15(11)25-18(12)16/h2-6,8-10H,7H2,1H3,(H2,23,26). The molecular weight excluding hydrogens is 385 g/mol. The van der Waals surface area contributed by atoms with Gasteiger partial charge in [0.1, 0.15) is 16.9 Å². The minimum absolute atomic E-state index is 0.252. The summed E-state index contributed by atoms with van der Waals surface area (Å²) in [5.74, 6) is 0.0103. The third kappa shape index (κ3) is 2.58. The van der Waals surface area contributed by atoms with Crippen LogP contribution in [0.3, 0.4) is 0 Å². The normalized spacial score (nSPS) is 18.7. The molecule has 1 aromatic carbocycles. The maximum atomic E-state index is 12.9. The van der Waals surface area contributed by atoms with Crippen molar-refractivity contribution in [3.05, 3.63) is 75.7 Å². The van der Waals surface area contributed by atoms with Gasteiger partial charge in [-0.05, 0) is 24.6 Å². The van der Waals surface area contributed by atoms with Gasteiger partial charge in [0.25, 0.3) is 0 Å². The predicted octanol–water partition coefficient (Wildman–Crippen LogP) is 4.10. The Morgan fingerprint density at radius 2 is 1.93 bits per heavy atom. The fourth-order valence-electron chi connectivity index (χ4n) is 3.67. The maximum Gasteiger partial charge on any atom is 0.233 e. The minimum Gasteiger partial charge on any atom is -0.495 e. The molecule has 0 fully saturated rings. The van der Waals surface area contributed by atoms with Crippen molar-refractivity contribution in [1.29, 1.82) is 0 Å². The fourth-order valence-corrected chi connectivity index (χ4v) is 4.36. The molecule has 136 valence electrons. The number of para-hydroxylation sites is 1. The van der Waals surface area contributed by atoms with Crippen LogP contribution in [0.5, 0.6) is 0 Å². The van der Waals surface area contributed by atoms with Crippen molar-refractivity contribution in [3.63, 3.8) is 0 Å². The number of nitrogens with two attached hydrogens (primary N) is 1. The number of aromatic nitrogens is 2. The summed E-state index contributed by atoms with van der Waals surface area (Å²) in [6.45, 7) is 0. The van der Waals surface area contributed by atoms with E-state index in [1.165, 1.54) is 12.4 Å². The highest BCUT2D eigenvalue weighted by Gasteiger charge is 2.47. The second-order valence-electron chi connectivity index (χ2n) is 6.30. The molecule has 2 heterocycles. The van der Waals surface area contributed by atoms with Gasteiger partial charge >= 0.3 is 0 Å². The van der Waals surface area contributed by atoms with Crippen molar-refractivity contribution in [2.75, 3.05) is 7.11 Å². The lowest BCUT2D eigenvalue weighted by Gasteiger charge is -2.36. The first kappa shape index (κ1) is 17.8. The zero-order valence-electron chi connectivity index (χ0n) is 14.4. The van der Waals surface area contributed by atoms with Crippen molar-refractivity contribution >= 4 is 45.8 Å². The fraction of sp³-hybridized carbons (Fsp3) is 0.150. The number of hydrogen-bond donors (Lipinski definition) is 1. The van der Waals surface area contributed by atoms with Gasteiger partial charge in [-0.2, -0.15) is 0 Å². The molecule has 1 unspecified atom stereocenters. The second kappa shape index (κ2) is 6.51. The van der Waals surface area contributed by atoms with Crippen molar-refractivity contribution < 1.29 is 9.53 Å². The summed E-state index contributed by atoms with van der Waals surface area (Å²) in [6, 6.07) is 9.54. The molecule has 4 rings (SSSR count). The first-order chi connectivity index (χ1) is 13.0. The topological polar surface area (TPSA) is 78.1 Å². The van der Waals surface area contributed by atoms with Gasteiger partial charge in [0.05, 0.1) is 22.7 Å². The number of halogens is 2. The molecule has 2 N–H and O–H groups in total. The van der Waals surface area contributed by atoms with Gasteiger partial charge < -0.3 is 10.5 Å². The highest BCUT2D eigenvalue weighted by atomic mass is 35.5. The SMILES string of the molecule is COC1=CCC(C(N)=O)(c2c(Cl)cncc2Cl)c2cc3ccccc3nc21. The highest BCUT2D eigenvalue weighted by molar-refractivity contribution is 6.36. The Balaban J connectivity index is 2.14. The van der Waals surface area contributed by atoms with Crippen LogP contribution in [-0.2, 0) is 14.9 Å². The van der Waals surface area contributed by atoms with E-state index in [-0.39, 0.29) is 16.5 Å². The van der Waals surface area contributed by atoms with Gasteiger partial charge in [0.2, 0.25) is 5.91 Å². The molecule has 1 atom stereocenters. The number of pyridine rings is 2. The number of fused-ring (bicyclic) bond motifs is 2. The number of nitrogens with zero attached hydrogens (tertiary/aromatic N) is 2. The molecule has 0 saturated heterocycles. The second-order valence-corrected chi connectivity index (χ2v) is 7.12. The number of allylic oxidation sites excluding steroid dienone is 1. The van der Waals surface area contributed by atoms with E-state index >= 15 is 0 Å². The molecule has 27 heavy (non-hydrogen) atoms. The van der Waals surface area contributed by atoms with E-state index < -0.39 is 11.3 Å². The van der Waals surface area contributed by atoms with E-state index in [4.69, 9.17) is 38.7 Å². The van der Waals surface area contributed by atoms with Gasteiger partial charge in [-0.1, -0.05) is 41.4 Å². The molecule has 1 aliphatic carbocycles. The zero-order valence-corrected chi connectivity index (χ0v) is 15.9. The molecule has 1 aliphatic rings. The van der Waals surface area contributed by atoms with Crippen LogP contribution in [0.2, 0.25) is 10.0 Å². The molecule has 7 heteroatoms. The average Bonchev–Trinajstić information content (AvgIpc) is 2.66. The van der Waals surface area contributed by atoms with E-state index in [1.807, 2.05) is 30.3 Å². The Hall–Kier alpha value is -2.63. The smallest absolute Gasteiger partial charge is 0.233 e. The third-order valence-corrected chi connectivity index (χ3v) is 5.50. The summed E-state index contributed by atoms with van der Waals surface area (Å²) in [5, 5.41) is 1.42. The van der Waals surface area contributed by atoms with Crippen molar-refractivity contribution in [1.82, 2.24) is 9.97 Å². The lowest BCUT2D eigenvalue weighted by atomic mass is 9.68. The van der Waals surface area contributed by atoms with Crippen LogP contribution in [-0.4, -0.2) is 23.0 Å². The lowest BCUT2D eigenvalue weighted by molar-refractivity contribution is -0.122. The summed E-state index contributed by atoms with van der Waals surface area (Å²) >= 11 is 12.8. The van der Waals surface area contributed by atoms with Crippen LogP contribution in [0.1, 0.15) is 23.2 Å². The van der Waals surface area contributed by atoms with Crippen LogP contribution in [0, 0.1) is 0 Å². The Bertz CT molecular complexity index is 1090. The van der Waals surface area contributed by atoms with Crippen molar-refractivity contribution in [2.45, 2.75) is 11.8 Å². The Morgan fingerprint density at radius 1 is 1.22 bits per heavy atom. The molecule has 0 spiro atoms. The van der Waals surface area contributed by atoms with Gasteiger partial charge in [-0.3, -0.25) is 9.78 Å². The van der Waals surface area contributed by atoms with Crippen LogP contribution in [0.4, 0.5) is 0 Å². The number of carbonyl (C=O) groups excluding carboxylic acids is 1. The van der Waals surface area contributed by atoms with Gasteiger partial charge in [0.15, 0.2) is 0 Å². The summed E-state index contributed by atoms with van der Waals surface area (Å²) in [7, 11) is 1.57. The van der Waals surface area contributed by atoms with Crippen molar-refractivity contribution in [3.8, 4) is 0 Å². The average molecular weight is 400 g/mol. The third-order valence-electron chi connectivity index (χ3n) is 4.93. The number of carbonyl (C=O) groups is 1. The summed E-state index contributed by atoms with van der Waals surface area (Å²) in [4.78, 5) is 21.6. The molecule has 1 amide bonds. The summed E-state index contributed by atoms with van der Waals surface area (Å²) in [6.07, 6.45) is 4.96. The van der Waals surface area contributed by atoms with Gasteiger partial charge in [-0.15, -0.1) is 0 Å². The Morgan fingerprint density at radius 3 is 2.59 bits per heavy atom. The number of hydrogen-bond acceptors (Lipinski definition) is 4. The molecule has 0 radical (unpaired) electrons. The number of amides is 1. The number of ether oxygens (including phenoxy) is 1. The Kier molecular flexibility index (Phi) is 4.29. The van der Waals surface area contributed by atoms with E-state index in [2.05, 4.69) is 4.98 Å². The summed E-state index contributed by atoms with van der Waals surface area (Å²) < 4.78 is 5.50. The van der Waals surface area contributed by atoms with Crippen molar-refractivity contribution in [2.24, 2.45) is 5.73 Å². The van der Waals surface area contributed by atoms with E-state index in [0.717, 1.165) is 10.9 Å². The van der Waals surface area contributed by atoms with Crippen LogP contribution >= 0.6 is 23.2 Å².